The number of carbonyl (C=O) groups excluding carboxylic acids is 1. The van der Waals surface area contributed by atoms with Crippen LogP contribution < -0.4 is 0 Å². The molecule has 1 amide bonds. The van der Waals surface area contributed by atoms with E-state index in [2.05, 4.69) is 20.8 Å². The van der Waals surface area contributed by atoms with Crippen LogP contribution in [0.15, 0.2) is 0 Å². The number of carbonyl (C=O) groups is 2. The smallest absolute Gasteiger partial charge is 0.313 e. The molecule has 1 unspecified atom stereocenters. The second-order valence-corrected chi connectivity index (χ2v) is 8.87. The van der Waals surface area contributed by atoms with Crippen molar-refractivity contribution in [2.24, 2.45) is 22.7 Å². The van der Waals surface area contributed by atoms with E-state index < -0.39 is 11.4 Å². The van der Waals surface area contributed by atoms with Crippen LogP contribution in [0.1, 0.15) is 59.3 Å². The topological polar surface area (TPSA) is 66.8 Å². The van der Waals surface area contributed by atoms with Gasteiger partial charge in [0.25, 0.3) is 0 Å². The molecule has 138 valence electrons. The van der Waals surface area contributed by atoms with Crippen LogP contribution in [0.5, 0.6) is 0 Å². The Morgan fingerprint density at radius 3 is 2.33 bits per heavy atom. The van der Waals surface area contributed by atoms with Crippen LogP contribution in [-0.4, -0.2) is 48.7 Å². The number of hydrogen-bond acceptors (Lipinski definition) is 3. The van der Waals surface area contributed by atoms with E-state index in [4.69, 9.17) is 4.74 Å². The maximum absolute atomic E-state index is 12.6. The van der Waals surface area contributed by atoms with E-state index >= 15 is 0 Å². The minimum Gasteiger partial charge on any atom is -0.481 e. The second kappa shape index (κ2) is 7.42. The van der Waals surface area contributed by atoms with Crippen molar-refractivity contribution in [3.63, 3.8) is 0 Å². The molecule has 1 aliphatic carbocycles. The van der Waals surface area contributed by atoms with Gasteiger partial charge in [-0.1, -0.05) is 20.8 Å². The summed E-state index contributed by atoms with van der Waals surface area (Å²) in [7, 11) is 1.52. The van der Waals surface area contributed by atoms with Gasteiger partial charge in [-0.05, 0) is 49.4 Å². The number of likely N-dealkylation sites (tertiary alicyclic amines) is 1. The van der Waals surface area contributed by atoms with E-state index in [-0.39, 0.29) is 19.1 Å². The van der Waals surface area contributed by atoms with Crippen molar-refractivity contribution in [2.75, 3.05) is 26.8 Å². The molecule has 0 spiro atoms. The fourth-order valence-corrected chi connectivity index (χ4v) is 4.32. The fourth-order valence-electron chi connectivity index (χ4n) is 4.32. The zero-order valence-electron chi connectivity index (χ0n) is 15.6. The average Bonchev–Trinajstić information content (AvgIpc) is 2.93. The highest BCUT2D eigenvalue weighted by atomic mass is 16.5. The summed E-state index contributed by atoms with van der Waals surface area (Å²) in [5.41, 5.74) is -0.570. The number of rotatable bonds is 5. The molecule has 0 bridgehead atoms. The number of ether oxygens (including phenoxy) is 1. The monoisotopic (exact) mass is 339 g/mol. The predicted octanol–water partition coefficient (Wildman–Crippen LogP) is 3.18. The van der Waals surface area contributed by atoms with E-state index in [1.165, 1.54) is 20.0 Å². The van der Waals surface area contributed by atoms with Crippen molar-refractivity contribution < 1.29 is 19.4 Å². The minimum absolute atomic E-state index is 0.119. The van der Waals surface area contributed by atoms with Gasteiger partial charge in [-0.25, -0.2) is 0 Å². The second-order valence-electron chi connectivity index (χ2n) is 8.87. The molecular formula is C19H33NO4. The summed E-state index contributed by atoms with van der Waals surface area (Å²) in [5, 5.41) is 9.50. The molecule has 1 saturated carbocycles. The van der Waals surface area contributed by atoms with Gasteiger partial charge in [0.05, 0.1) is 6.61 Å². The molecule has 5 heteroatoms. The van der Waals surface area contributed by atoms with Gasteiger partial charge >= 0.3 is 5.97 Å². The maximum atomic E-state index is 12.6. The molecule has 1 saturated heterocycles. The highest BCUT2D eigenvalue weighted by Crippen LogP contribution is 2.41. The van der Waals surface area contributed by atoms with Crippen LogP contribution in [0.2, 0.25) is 0 Å². The van der Waals surface area contributed by atoms with Crippen molar-refractivity contribution in [1.82, 2.24) is 4.90 Å². The van der Waals surface area contributed by atoms with Gasteiger partial charge in [-0.3, -0.25) is 9.59 Å². The number of methoxy groups -OCH3 is 1. The molecule has 1 atom stereocenters. The first-order chi connectivity index (χ1) is 11.2. The van der Waals surface area contributed by atoms with Crippen molar-refractivity contribution in [3.8, 4) is 0 Å². The molecule has 1 heterocycles. The van der Waals surface area contributed by atoms with E-state index in [1.54, 1.807) is 4.90 Å². The van der Waals surface area contributed by atoms with E-state index in [9.17, 15) is 14.7 Å². The van der Waals surface area contributed by atoms with Crippen LogP contribution in [0.4, 0.5) is 0 Å². The highest BCUT2D eigenvalue weighted by molar-refractivity contribution is 5.81. The van der Waals surface area contributed by atoms with E-state index in [0.717, 1.165) is 18.8 Å². The van der Waals surface area contributed by atoms with Crippen molar-refractivity contribution in [1.29, 1.82) is 0 Å². The number of nitrogens with zero attached hydrogens (tertiary/aromatic N) is 1. The van der Waals surface area contributed by atoms with Crippen LogP contribution in [-0.2, 0) is 14.3 Å². The summed E-state index contributed by atoms with van der Waals surface area (Å²) >= 11 is 0. The predicted molar refractivity (Wildman–Crippen MR) is 92.7 cm³/mol. The van der Waals surface area contributed by atoms with Gasteiger partial charge in [-0.2, -0.15) is 0 Å². The van der Waals surface area contributed by atoms with Crippen LogP contribution in [0.25, 0.3) is 0 Å². The molecule has 5 nitrogen and oxygen atoms in total. The van der Waals surface area contributed by atoms with Crippen molar-refractivity contribution in [2.45, 2.75) is 59.3 Å². The Labute approximate surface area is 145 Å². The largest absolute Gasteiger partial charge is 0.481 e. The lowest BCUT2D eigenvalue weighted by Gasteiger charge is -2.37. The first kappa shape index (κ1) is 19.2. The third-order valence-corrected chi connectivity index (χ3v) is 6.12. The SMILES string of the molecule is COCC1(C(=O)O)CCN(C(=O)CC2CCC(C(C)(C)C)CC2)C1. The van der Waals surface area contributed by atoms with Crippen LogP contribution in [0, 0.1) is 22.7 Å². The zero-order valence-corrected chi connectivity index (χ0v) is 15.6. The van der Waals surface area contributed by atoms with Gasteiger partial charge in [0.1, 0.15) is 5.41 Å². The van der Waals surface area contributed by atoms with Gasteiger partial charge in [0.2, 0.25) is 5.91 Å². The standard InChI is InChI=1S/C19H33NO4/c1-18(2,3)15-7-5-14(6-8-15)11-16(21)20-10-9-19(12-20,13-24-4)17(22)23/h14-15H,5-13H2,1-4H3,(H,22,23). The summed E-state index contributed by atoms with van der Waals surface area (Å²) in [5.74, 6) is 0.467. The van der Waals surface area contributed by atoms with E-state index in [1.807, 2.05) is 0 Å². The number of carboxylic acid groups (broad SMARTS) is 1. The number of amides is 1. The Morgan fingerprint density at radius 1 is 1.21 bits per heavy atom. The lowest BCUT2D eigenvalue weighted by molar-refractivity contribution is -0.151. The van der Waals surface area contributed by atoms with Gasteiger partial charge in [-0.15, -0.1) is 0 Å². The van der Waals surface area contributed by atoms with Gasteiger partial charge in [0.15, 0.2) is 0 Å². The maximum Gasteiger partial charge on any atom is 0.313 e. The average molecular weight is 339 g/mol. The van der Waals surface area contributed by atoms with Gasteiger partial charge < -0.3 is 14.7 Å². The summed E-state index contributed by atoms with van der Waals surface area (Å²) < 4.78 is 5.09. The quantitative estimate of drug-likeness (QED) is 0.835. The molecule has 2 aliphatic rings. The molecule has 0 aromatic heterocycles. The number of aliphatic carboxylic acids is 1. The number of carboxylic acids is 1. The van der Waals surface area contributed by atoms with Crippen LogP contribution in [0.3, 0.4) is 0 Å². The molecule has 0 radical (unpaired) electrons. The highest BCUT2D eigenvalue weighted by Gasteiger charge is 2.46. The summed E-state index contributed by atoms with van der Waals surface area (Å²) in [6.45, 7) is 7.89. The van der Waals surface area contributed by atoms with Gasteiger partial charge in [0, 0.05) is 26.6 Å². The first-order valence-electron chi connectivity index (χ1n) is 9.18. The Hall–Kier alpha value is -1.10. The lowest BCUT2D eigenvalue weighted by atomic mass is 9.69. The normalized spacial score (nSPS) is 31.2. The molecule has 2 rings (SSSR count). The van der Waals surface area contributed by atoms with Crippen molar-refractivity contribution >= 4 is 11.9 Å². The molecule has 1 N–H and O–H groups in total. The summed E-state index contributed by atoms with van der Waals surface area (Å²) in [4.78, 5) is 25.9. The summed E-state index contributed by atoms with van der Waals surface area (Å²) in [6, 6.07) is 0. The molecule has 2 fully saturated rings. The molecule has 24 heavy (non-hydrogen) atoms. The third kappa shape index (κ3) is 4.29. The molecule has 1 aliphatic heterocycles. The summed E-state index contributed by atoms with van der Waals surface area (Å²) in [6.07, 6.45) is 5.68. The fraction of sp³-hybridized carbons (Fsp3) is 0.895. The lowest BCUT2D eigenvalue weighted by Crippen LogP contribution is -2.40. The minimum atomic E-state index is -0.922. The Bertz CT molecular complexity index is 462. The third-order valence-electron chi connectivity index (χ3n) is 6.12. The Morgan fingerprint density at radius 2 is 1.83 bits per heavy atom. The first-order valence-corrected chi connectivity index (χ1v) is 9.18. The molecule has 0 aromatic carbocycles. The van der Waals surface area contributed by atoms with Crippen molar-refractivity contribution in [3.05, 3.63) is 0 Å². The molecule has 0 aromatic rings. The Kier molecular flexibility index (Phi) is 5.95. The Balaban J connectivity index is 1.85. The van der Waals surface area contributed by atoms with E-state index in [0.29, 0.717) is 30.7 Å². The zero-order chi connectivity index (χ0) is 18.0. The number of hydrogen-bond donors (Lipinski definition) is 1. The molecular weight excluding hydrogens is 306 g/mol. The van der Waals surface area contributed by atoms with Crippen LogP contribution >= 0.6 is 0 Å².